The van der Waals surface area contributed by atoms with E-state index in [1.807, 2.05) is 0 Å². The minimum atomic E-state index is -3.26. The van der Waals surface area contributed by atoms with Crippen LogP contribution in [0.4, 0.5) is 0 Å². The number of hydrogen-bond donors (Lipinski definition) is 2. The highest BCUT2D eigenvalue weighted by Crippen LogP contribution is 2.00. The average molecular weight is 301 g/mol. The van der Waals surface area contributed by atoms with Gasteiger partial charge in [0, 0.05) is 12.6 Å². The molecule has 0 saturated heterocycles. The topological polar surface area (TPSA) is 89.3 Å². The Kier molecular flexibility index (Phi) is 11.8. The zero-order valence-corrected chi connectivity index (χ0v) is 12.8. The summed E-state index contributed by atoms with van der Waals surface area (Å²) in [5.41, 5.74) is 5.52. The van der Waals surface area contributed by atoms with Crippen LogP contribution < -0.4 is 11.1 Å². The van der Waals surface area contributed by atoms with Crippen molar-refractivity contribution in [1.29, 1.82) is 0 Å². The van der Waals surface area contributed by atoms with E-state index in [1.165, 1.54) is 0 Å². The molecule has 0 bridgehead atoms. The Balaban J connectivity index is 0. The van der Waals surface area contributed by atoms with Crippen molar-refractivity contribution in [2.24, 2.45) is 5.73 Å². The van der Waals surface area contributed by atoms with Gasteiger partial charge in [0.1, 0.15) is 5.75 Å². The lowest BCUT2D eigenvalue weighted by molar-refractivity contribution is -0.119. The van der Waals surface area contributed by atoms with Crippen LogP contribution in [0.5, 0.6) is 0 Å². The number of rotatable bonds is 9. The number of carbonyl (C=O) groups is 1. The fourth-order valence-electron chi connectivity index (χ4n) is 1.55. The van der Waals surface area contributed by atoms with Crippen LogP contribution in [0.1, 0.15) is 39.5 Å². The molecule has 0 spiro atoms. The SMILES string of the molecule is CCCCC(CN)NC(=O)CS(=O)(=O)CCC.Cl. The first-order valence-electron chi connectivity index (χ1n) is 6.15. The van der Waals surface area contributed by atoms with Gasteiger partial charge in [0.05, 0.1) is 5.75 Å². The second kappa shape index (κ2) is 10.6. The van der Waals surface area contributed by atoms with E-state index < -0.39 is 21.5 Å². The van der Waals surface area contributed by atoms with Gasteiger partial charge in [0.25, 0.3) is 0 Å². The van der Waals surface area contributed by atoms with E-state index in [0.29, 0.717) is 13.0 Å². The van der Waals surface area contributed by atoms with Gasteiger partial charge in [-0.25, -0.2) is 8.42 Å². The van der Waals surface area contributed by atoms with Crippen molar-refractivity contribution in [3.8, 4) is 0 Å². The Labute approximate surface area is 116 Å². The summed E-state index contributed by atoms with van der Waals surface area (Å²) in [6, 6.07) is -0.112. The number of halogens is 1. The van der Waals surface area contributed by atoms with Crippen LogP contribution in [0.2, 0.25) is 0 Å². The van der Waals surface area contributed by atoms with Crippen LogP contribution >= 0.6 is 12.4 Å². The monoisotopic (exact) mass is 300 g/mol. The molecule has 0 fully saturated rings. The molecule has 0 aliphatic heterocycles. The van der Waals surface area contributed by atoms with Crippen molar-refractivity contribution in [1.82, 2.24) is 5.32 Å². The molecular formula is C11H25ClN2O3S. The number of amides is 1. The predicted octanol–water partition coefficient (Wildman–Crippen LogP) is 0.867. The molecule has 0 aromatic rings. The summed E-state index contributed by atoms with van der Waals surface area (Å²) in [6.07, 6.45) is 3.34. The highest BCUT2D eigenvalue weighted by Gasteiger charge is 2.17. The van der Waals surface area contributed by atoms with E-state index in [1.54, 1.807) is 6.92 Å². The minimum absolute atomic E-state index is 0. The van der Waals surface area contributed by atoms with Crippen LogP contribution in [0.3, 0.4) is 0 Å². The molecule has 18 heavy (non-hydrogen) atoms. The molecule has 1 unspecified atom stereocenters. The average Bonchev–Trinajstić information content (AvgIpc) is 2.23. The Morgan fingerprint density at radius 1 is 1.28 bits per heavy atom. The fraction of sp³-hybridized carbons (Fsp3) is 0.909. The van der Waals surface area contributed by atoms with Crippen LogP contribution in [-0.4, -0.2) is 38.4 Å². The van der Waals surface area contributed by atoms with Gasteiger partial charge in [-0.2, -0.15) is 0 Å². The van der Waals surface area contributed by atoms with Crippen molar-refractivity contribution in [2.45, 2.75) is 45.6 Å². The molecule has 5 nitrogen and oxygen atoms in total. The predicted molar refractivity (Wildman–Crippen MR) is 76.7 cm³/mol. The summed E-state index contributed by atoms with van der Waals surface area (Å²) in [5, 5.41) is 2.67. The maximum atomic E-state index is 11.5. The van der Waals surface area contributed by atoms with Gasteiger partial charge in [0.2, 0.25) is 5.91 Å². The van der Waals surface area contributed by atoms with E-state index in [4.69, 9.17) is 5.73 Å². The summed E-state index contributed by atoms with van der Waals surface area (Å²) in [5.74, 6) is -0.809. The van der Waals surface area contributed by atoms with Gasteiger partial charge in [-0.1, -0.05) is 26.7 Å². The lowest BCUT2D eigenvalue weighted by Gasteiger charge is -2.16. The van der Waals surface area contributed by atoms with Gasteiger partial charge in [0.15, 0.2) is 9.84 Å². The van der Waals surface area contributed by atoms with Gasteiger partial charge < -0.3 is 11.1 Å². The lowest BCUT2D eigenvalue weighted by atomic mass is 10.1. The zero-order valence-electron chi connectivity index (χ0n) is 11.1. The van der Waals surface area contributed by atoms with Crippen molar-refractivity contribution in [3.05, 3.63) is 0 Å². The Morgan fingerprint density at radius 3 is 2.33 bits per heavy atom. The number of nitrogens with one attached hydrogen (secondary N) is 1. The van der Waals surface area contributed by atoms with Crippen molar-refractivity contribution in [3.63, 3.8) is 0 Å². The van der Waals surface area contributed by atoms with E-state index in [0.717, 1.165) is 19.3 Å². The number of hydrogen-bond acceptors (Lipinski definition) is 4. The highest BCUT2D eigenvalue weighted by molar-refractivity contribution is 7.92. The molecule has 3 N–H and O–H groups in total. The molecule has 0 heterocycles. The van der Waals surface area contributed by atoms with Crippen molar-refractivity contribution >= 4 is 28.2 Å². The largest absolute Gasteiger partial charge is 0.351 e. The van der Waals surface area contributed by atoms with Crippen LogP contribution in [-0.2, 0) is 14.6 Å². The number of unbranched alkanes of at least 4 members (excludes halogenated alkanes) is 1. The molecule has 110 valence electrons. The quantitative estimate of drug-likeness (QED) is 0.661. The third kappa shape index (κ3) is 9.67. The smallest absolute Gasteiger partial charge is 0.235 e. The Bertz CT molecular complexity index is 320. The Hall–Kier alpha value is -0.330. The van der Waals surface area contributed by atoms with Gasteiger partial charge in [-0.3, -0.25) is 4.79 Å². The van der Waals surface area contributed by atoms with Crippen molar-refractivity contribution < 1.29 is 13.2 Å². The van der Waals surface area contributed by atoms with E-state index in [2.05, 4.69) is 12.2 Å². The summed E-state index contributed by atoms with van der Waals surface area (Å²) in [6.45, 7) is 4.18. The molecule has 0 saturated carbocycles. The summed E-state index contributed by atoms with van der Waals surface area (Å²) in [4.78, 5) is 11.5. The van der Waals surface area contributed by atoms with E-state index >= 15 is 0 Å². The first-order chi connectivity index (χ1) is 7.95. The van der Waals surface area contributed by atoms with Gasteiger partial charge in [-0.05, 0) is 12.8 Å². The first-order valence-corrected chi connectivity index (χ1v) is 7.97. The van der Waals surface area contributed by atoms with E-state index in [9.17, 15) is 13.2 Å². The second-order valence-electron chi connectivity index (χ2n) is 4.23. The standard InChI is InChI=1S/C11H24N2O3S.ClH/c1-3-5-6-10(8-12)13-11(14)9-17(15,16)7-4-2;/h10H,3-9,12H2,1-2H3,(H,13,14);1H. The second-order valence-corrected chi connectivity index (χ2v) is 6.42. The summed E-state index contributed by atoms with van der Waals surface area (Å²) >= 11 is 0. The molecule has 0 radical (unpaired) electrons. The van der Waals surface area contributed by atoms with Crippen LogP contribution in [0.25, 0.3) is 0 Å². The summed E-state index contributed by atoms with van der Waals surface area (Å²) in [7, 11) is -3.26. The molecule has 7 heteroatoms. The molecule has 1 amide bonds. The maximum absolute atomic E-state index is 11.5. The molecule has 0 aliphatic carbocycles. The zero-order chi connectivity index (χ0) is 13.3. The number of sulfone groups is 1. The third-order valence-electron chi connectivity index (χ3n) is 2.42. The van der Waals surface area contributed by atoms with Crippen LogP contribution in [0, 0.1) is 0 Å². The van der Waals surface area contributed by atoms with Gasteiger partial charge >= 0.3 is 0 Å². The Morgan fingerprint density at radius 2 is 1.89 bits per heavy atom. The lowest BCUT2D eigenvalue weighted by Crippen LogP contribution is -2.43. The third-order valence-corrected chi connectivity index (χ3v) is 4.15. The highest BCUT2D eigenvalue weighted by atomic mass is 35.5. The first kappa shape index (κ1) is 20.0. The summed E-state index contributed by atoms with van der Waals surface area (Å²) < 4.78 is 22.9. The maximum Gasteiger partial charge on any atom is 0.235 e. The molecule has 0 aliphatic rings. The van der Waals surface area contributed by atoms with E-state index in [-0.39, 0.29) is 24.2 Å². The van der Waals surface area contributed by atoms with Gasteiger partial charge in [-0.15, -0.1) is 12.4 Å². The minimum Gasteiger partial charge on any atom is -0.351 e. The van der Waals surface area contributed by atoms with Crippen LogP contribution in [0.15, 0.2) is 0 Å². The van der Waals surface area contributed by atoms with Crippen molar-refractivity contribution in [2.75, 3.05) is 18.1 Å². The molecule has 0 aromatic heterocycles. The molecule has 0 rings (SSSR count). The molecular weight excluding hydrogens is 276 g/mol. The number of nitrogens with two attached hydrogens (primary N) is 1. The molecule has 1 atom stereocenters. The number of carbonyl (C=O) groups excluding carboxylic acids is 1. The normalized spacial score (nSPS) is 12.6. The molecule has 0 aromatic carbocycles. The fourth-order valence-corrected chi connectivity index (χ4v) is 2.80.